The molecule has 1 fully saturated rings. The zero-order valence-corrected chi connectivity index (χ0v) is 18.0. The second-order valence-corrected chi connectivity index (χ2v) is 10.8. The fourth-order valence-electron chi connectivity index (χ4n) is 2.99. The number of aromatic nitrogens is 1. The standard InChI is InChI=1S/C14H17N2O12P3/c15-7-9-1-2-11-10(5-9)3-4-16(11)14-6-12(17)13(26-14)8-25-30(21,22)28-31(23,24)27-29(18,19)20/h1-5,12-14,17H,6,8H2,(H,21,22)(H,23,24)(H2,18,19,20)/t12-,13+,14+/m0/s1. The fraction of sp³-hybridized carbons (Fsp3) is 0.357. The number of nitrogens with zero attached hydrogens (tertiary/aromatic N) is 2. The summed E-state index contributed by atoms with van der Waals surface area (Å²) < 4.78 is 52.8. The van der Waals surface area contributed by atoms with E-state index in [1.54, 1.807) is 35.0 Å². The van der Waals surface area contributed by atoms with Gasteiger partial charge < -0.3 is 34.0 Å². The molecule has 0 aliphatic carbocycles. The summed E-state index contributed by atoms with van der Waals surface area (Å²) in [6.07, 6.45) is -1.21. The van der Waals surface area contributed by atoms with Crippen molar-refractivity contribution < 1.29 is 56.3 Å². The lowest BCUT2D eigenvalue weighted by Gasteiger charge is -2.19. The number of nitriles is 1. The number of benzene rings is 1. The van der Waals surface area contributed by atoms with Crippen LogP contribution in [0.2, 0.25) is 0 Å². The second kappa shape index (κ2) is 8.84. The minimum atomic E-state index is -5.63. The van der Waals surface area contributed by atoms with Gasteiger partial charge in [0.05, 0.1) is 29.9 Å². The predicted molar refractivity (Wildman–Crippen MR) is 101 cm³/mol. The minimum Gasteiger partial charge on any atom is -0.390 e. The molecule has 0 amide bonds. The van der Waals surface area contributed by atoms with E-state index in [-0.39, 0.29) is 6.42 Å². The van der Waals surface area contributed by atoms with Crippen molar-refractivity contribution in [3.63, 3.8) is 0 Å². The van der Waals surface area contributed by atoms with Crippen LogP contribution in [0.15, 0.2) is 30.5 Å². The van der Waals surface area contributed by atoms with Gasteiger partial charge in [-0.25, -0.2) is 13.7 Å². The van der Waals surface area contributed by atoms with Crippen LogP contribution in [0.5, 0.6) is 0 Å². The minimum absolute atomic E-state index is 0.0776. The van der Waals surface area contributed by atoms with E-state index in [4.69, 9.17) is 24.7 Å². The number of phosphoric acid groups is 3. The summed E-state index contributed by atoms with van der Waals surface area (Å²) in [5, 5.41) is 19.9. The third-order valence-electron chi connectivity index (χ3n) is 4.18. The Kier molecular flexibility index (Phi) is 6.91. The third-order valence-corrected chi connectivity index (χ3v) is 7.98. The number of aliphatic hydroxyl groups is 1. The van der Waals surface area contributed by atoms with Crippen LogP contribution in [0.25, 0.3) is 10.9 Å². The number of hydrogen-bond acceptors (Lipinski definition) is 9. The molecule has 5 N–H and O–H groups in total. The molecule has 0 radical (unpaired) electrons. The average Bonchev–Trinajstić information content (AvgIpc) is 3.19. The van der Waals surface area contributed by atoms with Crippen LogP contribution in [0.1, 0.15) is 18.2 Å². The molecule has 1 saturated heterocycles. The Labute approximate surface area is 174 Å². The first kappa shape index (κ1) is 24.2. The van der Waals surface area contributed by atoms with Crippen LogP contribution in [0.4, 0.5) is 0 Å². The Morgan fingerprint density at radius 1 is 1.13 bits per heavy atom. The zero-order chi connectivity index (χ0) is 23.0. The molecular formula is C14H17N2O12P3. The SMILES string of the molecule is N#Cc1ccc2c(ccn2[C@H]2C[C@H](O)[C@@H](COP(=O)(O)OP(=O)(O)OP(=O)(O)O)O2)c1. The van der Waals surface area contributed by atoms with Crippen molar-refractivity contribution in [2.24, 2.45) is 0 Å². The largest absolute Gasteiger partial charge is 0.490 e. The van der Waals surface area contributed by atoms with Crippen molar-refractivity contribution in [2.45, 2.75) is 24.9 Å². The van der Waals surface area contributed by atoms with Gasteiger partial charge in [-0.05, 0) is 24.3 Å². The third kappa shape index (κ3) is 6.31. The molecule has 2 aromatic rings. The van der Waals surface area contributed by atoms with Gasteiger partial charge in [0.25, 0.3) is 0 Å². The van der Waals surface area contributed by atoms with E-state index in [1.807, 2.05) is 6.07 Å². The monoisotopic (exact) mass is 498 g/mol. The van der Waals surface area contributed by atoms with Crippen molar-refractivity contribution in [1.82, 2.24) is 4.57 Å². The molecule has 17 heteroatoms. The molecule has 3 rings (SSSR count). The molecule has 0 spiro atoms. The quantitative estimate of drug-likeness (QED) is 0.326. The van der Waals surface area contributed by atoms with Gasteiger partial charge in [0, 0.05) is 18.0 Å². The molecule has 1 aromatic heterocycles. The van der Waals surface area contributed by atoms with Gasteiger partial charge in [-0.2, -0.15) is 13.9 Å². The Hall–Kier alpha value is -1.42. The maximum Gasteiger partial charge on any atom is 0.490 e. The number of phosphoric ester groups is 1. The molecule has 0 saturated carbocycles. The van der Waals surface area contributed by atoms with Gasteiger partial charge in [0.2, 0.25) is 0 Å². The number of fused-ring (bicyclic) bond motifs is 1. The van der Waals surface area contributed by atoms with E-state index in [1.165, 1.54) is 0 Å². The molecule has 2 heterocycles. The van der Waals surface area contributed by atoms with E-state index >= 15 is 0 Å². The van der Waals surface area contributed by atoms with E-state index in [0.717, 1.165) is 5.39 Å². The smallest absolute Gasteiger partial charge is 0.390 e. The van der Waals surface area contributed by atoms with Gasteiger partial charge in [-0.1, -0.05) is 0 Å². The molecule has 1 aliphatic rings. The summed E-state index contributed by atoms with van der Waals surface area (Å²) in [6.45, 7) is -0.751. The number of aliphatic hydroxyl groups excluding tert-OH is 1. The molecule has 1 aromatic carbocycles. The Morgan fingerprint density at radius 3 is 2.48 bits per heavy atom. The second-order valence-electron chi connectivity index (χ2n) is 6.43. The lowest BCUT2D eigenvalue weighted by molar-refractivity contribution is -0.0420. The fourth-order valence-corrected chi connectivity index (χ4v) is 6.02. The first-order valence-corrected chi connectivity index (χ1v) is 12.9. The summed E-state index contributed by atoms with van der Waals surface area (Å²) >= 11 is 0. The first-order chi connectivity index (χ1) is 14.3. The number of rotatable bonds is 8. The molecule has 5 atom stereocenters. The Morgan fingerprint density at radius 2 is 1.84 bits per heavy atom. The molecule has 170 valence electrons. The molecule has 1 aliphatic heterocycles. The van der Waals surface area contributed by atoms with Gasteiger partial charge in [0.15, 0.2) is 0 Å². The van der Waals surface area contributed by atoms with E-state index in [9.17, 15) is 23.7 Å². The van der Waals surface area contributed by atoms with Crippen molar-refractivity contribution in [3.05, 3.63) is 36.0 Å². The normalized spacial score (nSPS) is 25.7. The average molecular weight is 498 g/mol. The summed E-state index contributed by atoms with van der Waals surface area (Å²) in [4.78, 5) is 35.7. The number of ether oxygens (including phenoxy) is 1. The van der Waals surface area contributed by atoms with Crippen LogP contribution in [0, 0.1) is 11.3 Å². The van der Waals surface area contributed by atoms with Gasteiger partial charge >= 0.3 is 23.5 Å². The summed E-state index contributed by atoms with van der Waals surface area (Å²) in [5.41, 5.74) is 1.18. The summed E-state index contributed by atoms with van der Waals surface area (Å²) in [6, 6.07) is 8.74. The van der Waals surface area contributed by atoms with E-state index < -0.39 is 48.5 Å². The Bertz CT molecular complexity index is 1150. The molecule has 14 nitrogen and oxygen atoms in total. The highest BCUT2D eigenvalue weighted by atomic mass is 31.3. The molecular weight excluding hydrogens is 481 g/mol. The number of hydrogen-bond donors (Lipinski definition) is 5. The van der Waals surface area contributed by atoms with Crippen molar-refractivity contribution >= 4 is 34.4 Å². The van der Waals surface area contributed by atoms with Gasteiger partial charge in [-0.15, -0.1) is 0 Å². The summed E-state index contributed by atoms with van der Waals surface area (Å²) in [5.74, 6) is 0. The van der Waals surface area contributed by atoms with Crippen LogP contribution in [0.3, 0.4) is 0 Å². The van der Waals surface area contributed by atoms with Crippen molar-refractivity contribution in [3.8, 4) is 6.07 Å². The molecule has 2 unspecified atom stereocenters. The van der Waals surface area contributed by atoms with E-state index in [0.29, 0.717) is 11.1 Å². The van der Waals surface area contributed by atoms with Crippen LogP contribution >= 0.6 is 23.5 Å². The van der Waals surface area contributed by atoms with Crippen molar-refractivity contribution in [1.29, 1.82) is 5.26 Å². The van der Waals surface area contributed by atoms with Crippen LogP contribution in [-0.4, -0.2) is 48.1 Å². The van der Waals surface area contributed by atoms with Crippen molar-refractivity contribution in [2.75, 3.05) is 6.61 Å². The highest BCUT2D eigenvalue weighted by molar-refractivity contribution is 7.66. The van der Waals surface area contributed by atoms with Gasteiger partial charge in [0.1, 0.15) is 12.3 Å². The van der Waals surface area contributed by atoms with Crippen LogP contribution in [-0.2, 0) is 31.6 Å². The molecule has 31 heavy (non-hydrogen) atoms. The topological polar surface area (TPSA) is 218 Å². The lowest BCUT2D eigenvalue weighted by Crippen LogP contribution is -2.26. The Balaban J connectivity index is 1.64. The zero-order valence-electron chi connectivity index (χ0n) is 15.4. The maximum absolute atomic E-state index is 11.8. The highest BCUT2D eigenvalue weighted by Gasteiger charge is 2.42. The lowest BCUT2D eigenvalue weighted by atomic mass is 10.1. The molecule has 0 bridgehead atoms. The first-order valence-electron chi connectivity index (χ1n) is 8.41. The maximum atomic E-state index is 11.8. The van der Waals surface area contributed by atoms with Gasteiger partial charge in [-0.3, -0.25) is 4.52 Å². The van der Waals surface area contributed by atoms with Crippen LogP contribution < -0.4 is 0 Å². The predicted octanol–water partition coefficient (Wildman–Crippen LogP) is 1.50. The summed E-state index contributed by atoms with van der Waals surface area (Å²) in [7, 11) is -16.4. The van der Waals surface area contributed by atoms with E-state index in [2.05, 4.69) is 13.1 Å². The highest BCUT2D eigenvalue weighted by Crippen LogP contribution is 2.66.